The molecule has 0 aromatic rings. The van der Waals surface area contributed by atoms with Gasteiger partial charge in [-0.1, -0.05) is 64.5 Å². The van der Waals surface area contributed by atoms with E-state index in [2.05, 4.69) is 40.7 Å². The second kappa shape index (κ2) is 19.8. The first-order valence-electron chi connectivity index (χ1n) is 23.2. The Bertz CT molecular complexity index is 1680. The van der Waals surface area contributed by atoms with Crippen molar-refractivity contribution < 1.29 is 67.5 Å². The van der Waals surface area contributed by atoms with Crippen molar-refractivity contribution in [2.45, 2.75) is 204 Å². The molecule has 0 radical (unpaired) electrons. The molecule has 0 aromatic heterocycles. The molecule has 62 heavy (non-hydrogen) atoms. The number of allylic oxidation sites excluding steroid dienone is 2. The third kappa shape index (κ3) is 9.73. The zero-order chi connectivity index (χ0) is 44.7. The molecule has 0 aromatic carbocycles. The summed E-state index contributed by atoms with van der Waals surface area (Å²) in [6.45, 7) is 16.3. The molecular formula is C48H74O14. The predicted octanol–water partition coefficient (Wildman–Crippen LogP) is 5.60. The second-order valence-corrected chi connectivity index (χ2v) is 19.4. The molecule has 1 aliphatic carbocycles. The summed E-state index contributed by atoms with van der Waals surface area (Å²) in [5.41, 5.74) is 0.188. The van der Waals surface area contributed by atoms with Gasteiger partial charge in [0.25, 0.3) is 0 Å². The highest BCUT2D eigenvalue weighted by Crippen LogP contribution is 2.48. The molecule has 7 rings (SSSR count). The molecule has 2 bridgehead atoms. The molecule has 0 unspecified atom stereocenters. The van der Waals surface area contributed by atoms with Gasteiger partial charge in [-0.2, -0.15) is 0 Å². The van der Waals surface area contributed by atoms with Crippen LogP contribution in [0.2, 0.25) is 0 Å². The van der Waals surface area contributed by atoms with E-state index in [0.29, 0.717) is 61.5 Å². The number of aliphatic hydroxyl groups excluding tert-OH is 2. The van der Waals surface area contributed by atoms with Gasteiger partial charge in [0, 0.05) is 52.2 Å². The number of hydrogen-bond acceptors (Lipinski definition) is 14. The Balaban J connectivity index is 1.18. The highest BCUT2D eigenvalue weighted by atomic mass is 16.7. The normalized spacial score (nSPS) is 49.4. The van der Waals surface area contributed by atoms with Crippen molar-refractivity contribution in [2.24, 2.45) is 23.7 Å². The number of fused-ring (bicyclic) bond motifs is 2. The summed E-state index contributed by atoms with van der Waals surface area (Å²) in [6, 6.07) is 0. The van der Waals surface area contributed by atoms with Crippen molar-refractivity contribution in [3.8, 4) is 0 Å². The SMILES string of the molecule is CC[C@H](C)[C@H]1O[C@]2(CC[C@@H]1C)C[C@@H]1C[C@@H](C/C=C(\C)[C@@H](O[C@@H]3C[C@H](OC)[C@@H](O[C@@H]4C[C@H](OC)[C@@H](O)[C@H](C)O4)[C@H](C)O3)[C@@H](C)/C=C/C=C3\CO[C@@H]4[C@H](O)C(C)=C[C@@H](C(=O)O1)[C@]34O)O2. The van der Waals surface area contributed by atoms with Gasteiger partial charge in [0.15, 0.2) is 18.4 Å². The number of esters is 1. The monoisotopic (exact) mass is 875 g/mol. The van der Waals surface area contributed by atoms with E-state index in [1.165, 1.54) is 0 Å². The molecule has 350 valence electrons. The first kappa shape index (κ1) is 47.9. The lowest BCUT2D eigenvalue weighted by Gasteiger charge is -2.51. The molecule has 0 saturated carbocycles. The highest BCUT2D eigenvalue weighted by Gasteiger charge is 2.60. The van der Waals surface area contributed by atoms with Gasteiger partial charge in [-0.15, -0.1) is 0 Å². The van der Waals surface area contributed by atoms with Gasteiger partial charge in [0.1, 0.15) is 42.0 Å². The van der Waals surface area contributed by atoms with Crippen LogP contribution < -0.4 is 0 Å². The summed E-state index contributed by atoms with van der Waals surface area (Å²) in [5.74, 6) is -2.10. The van der Waals surface area contributed by atoms with Gasteiger partial charge in [-0.05, 0) is 69.1 Å². The second-order valence-electron chi connectivity index (χ2n) is 19.4. The fourth-order valence-corrected chi connectivity index (χ4v) is 11.0. The highest BCUT2D eigenvalue weighted by molar-refractivity contribution is 5.78. The summed E-state index contributed by atoms with van der Waals surface area (Å²) < 4.78 is 63.9. The largest absolute Gasteiger partial charge is 0.462 e. The molecule has 7 aliphatic rings. The minimum atomic E-state index is -1.82. The standard InChI is InChI=1S/C48H74O14/c1-11-25(2)43-28(5)17-18-47(62-43)23-34-20-33(61-47)16-15-27(4)42(26(3)13-12-14-32-24-55-45-40(49)29(6)19-35(46(51)58-34)48(32,45)52)59-39-22-37(54-10)44(31(8)57-39)60-38-21-36(53-9)41(50)30(7)56-38/h12-15,19,25-26,28,30-31,33-45,49-50,52H,11,16-18,20-24H2,1-10H3/b13-12+,27-15+,32-14+/t25-,26-,28-,30-,31-,33+,34-,35-,36-,37-,38+,39+,40+,41-,42-,43+,44-,45+,47+,48+/m0/s1. The van der Waals surface area contributed by atoms with Gasteiger partial charge in [-0.25, -0.2) is 0 Å². The van der Waals surface area contributed by atoms with E-state index in [1.54, 1.807) is 40.2 Å². The van der Waals surface area contributed by atoms with Crippen LogP contribution >= 0.6 is 0 Å². The maximum absolute atomic E-state index is 14.4. The molecule has 6 aliphatic heterocycles. The summed E-state index contributed by atoms with van der Waals surface area (Å²) in [5, 5.41) is 34.2. The van der Waals surface area contributed by atoms with E-state index in [0.717, 1.165) is 18.4 Å². The zero-order valence-corrected chi connectivity index (χ0v) is 38.5. The summed E-state index contributed by atoms with van der Waals surface area (Å²) in [6.07, 6.45) is 6.53. The number of ether oxygens (including phenoxy) is 10. The van der Waals surface area contributed by atoms with Crippen LogP contribution in [0.15, 0.2) is 47.1 Å². The van der Waals surface area contributed by atoms with Crippen molar-refractivity contribution in [2.75, 3.05) is 20.8 Å². The van der Waals surface area contributed by atoms with Gasteiger partial charge in [-0.3, -0.25) is 4.79 Å². The molecule has 3 N–H and O–H groups in total. The first-order valence-corrected chi connectivity index (χ1v) is 23.2. The van der Waals surface area contributed by atoms with E-state index in [-0.39, 0.29) is 30.8 Å². The molecule has 20 atom stereocenters. The lowest BCUT2D eigenvalue weighted by atomic mass is 9.71. The number of aliphatic hydroxyl groups is 3. The third-order valence-corrected chi connectivity index (χ3v) is 14.9. The van der Waals surface area contributed by atoms with Gasteiger partial charge < -0.3 is 62.7 Å². The first-order chi connectivity index (χ1) is 29.5. The lowest BCUT2D eigenvalue weighted by molar-refractivity contribution is -0.340. The summed E-state index contributed by atoms with van der Waals surface area (Å²) in [7, 11) is 3.23. The number of carbonyl (C=O) groups is 1. The Morgan fingerprint density at radius 3 is 2.35 bits per heavy atom. The summed E-state index contributed by atoms with van der Waals surface area (Å²) in [4.78, 5) is 14.4. The van der Waals surface area contributed by atoms with Crippen LogP contribution in [-0.4, -0.2) is 139 Å². The van der Waals surface area contributed by atoms with Gasteiger partial charge >= 0.3 is 5.97 Å². The van der Waals surface area contributed by atoms with Crippen molar-refractivity contribution in [3.05, 3.63) is 47.1 Å². The molecule has 5 saturated heterocycles. The Labute approximate surface area is 368 Å². The Hall–Kier alpha value is -2.05. The number of methoxy groups -OCH3 is 2. The van der Waals surface area contributed by atoms with Gasteiger partial charge in [0.05, 0.1) is 49.3 Å². The molecule has 14 heteroatoms. The van der Waals surface area contributed by atoms with Crippen molar-refractivity contribution in [3.63, 3.8) is 0 Å². The molecule has 1 spiro atoms. The number of carbonyl (C=O) groups excluding carboxylic acids is 1. The average molecular weight is 875 g/mol. The molecule has 5 fully saturated rings. The van der Waals surface area contributed by atoms with Gasteiger partial charge in [0.2, 0.25) is 0 Å². The molecule has 0 amide bonds. The summed E-state index contributed by atoms with van der Waals surface area (Å²) >= 11 is 0. The maximum Gasteiger partial charge on any atom is 0.316 e. The molecular weight excluding hydrogens is 801 g/mol. The topological polar surface area (TPSA) is 170 Å². The Morgan fingerprint density at radius 1 is 0.919 bits per heavy atom. The van der Waals surface area contributed by atoms with E-state index in [4.69, 9.17) is 47.4 Å². The van der Waals surface area contributed by atoms with Crippen LogP contribution in [0.4, 0.5) is 0 Å². The lowest BCUT2D eigenvalue weighted by Crippen LogP contribution is -2.58. The van der Waals surface area contributed by atoms with Crippen LogP contribution in [0.5, 0.6) is 0 Å². The minimum absolute atomic E-state index is 0.00708. The van der Waals surface area contributed by atoms with Crippen molar-refractivity contribution in [1.82, 2.24) is 0 Å². The zero-order valence-electron chi connectivity index (χ0n) is 38.5. The van der Waals surface area contributed by atoms with Crippen LogP contribution in [0.25, 0.3) is 0 Å². The number of rotatable bonds is 8. The predicted molar refractivity (Wildman–Crippen MR) is 227 cm³/mol. The van der Waals surface area contributed by atoms with E-state index in [9.17, 15) is 20.1 Å². The third-order valence-electron chi connectivity index (χ3n) is 14.9. The minimum Gasteiger partial charge on any atom is -0.462 e. The van der Waals surface area contributed by atoms with Crippen molar-refractivity contribution in [1.29, 1.82) is 0 Å². The van der Waals surface area contributed by atoms with Crippen LogP contribution in [0.1, 0.15) is 107 Å². The fourth-order valence-electron chi connectivity index (χ4n) is 11.0. The van der Waals surface area contributed by atoms with Crippen LogP contribution in [-0.2, 0) is 52.2 Å². The quantitative estimate of drug-likeness (QED) is 0.204. The smallest absolute Gasteiger partial charge is 0.316 e. The van der Waals surface area contributed by atoms with Crippen LogP contribution in [0, 0.1) is 23.7 Å². The van der Waals surface area contributed by atoms with Crippen LogP contribution in [0.3, 0.4) is 0 Å². The maximum atomic E-state index is 14.4. The van der Waals surface area contributed by atoms with E-state index in [1.807, 2.05) is 19.1 Å². The molecule has 14 nitrogen and oxygen atoms in total. The Morgan fingerprint density at radius 2 is 1.63 bits per heavy atom. The number of hydrogen-bond donors (Lipinski definition) is 3. The Kier molecular flexibility index (Phi) is 15.3. The van der Waals surface area contributed by atoms with E-state index >= 15 is 0 Å². The van der Waals surface area contributed by atoms with E-state index < -0.39 is 90.8 Å². The fraction of sp³-hybridized carbons (Fsp3) is 0.812. The van der Waals surface area contributed by atoms with Crippen molar-refractivity contribution >= 4 is 5.97 Å². The average Bonchev–Trinajstić information content (AvgIpc) is 3.58. The molecule has 6 heterocycles.